The van der Waals surface area contributed by atoms with Gasteiger partial charge in [0.1, 0.15) is 36.6 Å². The van der Waals surface area contributed by atoms with E-state index in [-0.39, 0.29) is 12.3 Å². The number of amides is 1. The lowest BCUT2D eigenvalue weighted by Gasteiger charge is -2.41. The van der Waals surface area contributed by atoms with Crippen molar-refractivity contribution in [3.05, 3.63) is 0 Å². The van der Waals surface area contributed by atoms with Gasteiger partial charge in [0, 0.05) is 6.42 Å². The van der Waals surface area contributed by atoms with Crippen molar-refractivity contribution in [2.75, 3.05) is 6.61 Å². The molecule has 0 aromatic heterocycles. The molecule has 0 bridgehead atoms. The summed E-state index contributed by atoms with van der Waals surface area (Å²) in [6, 6.07) is -1.03. The van der Waals surface area contributed by atoms with E-state index in [0.717, 1.165) is 38.5 Å². The van der Waals surface area contributed by atoms with Crippen LogP contribution in [-0.4, -0.2) is 96.8 Å². The first-order chi connectivity index (χ1) is 36.9. The Hall–Kier alpha value is -0.660. The minimum Gasteiger partial charge on any atom is -0.391 e. The van der Waals surface area contributed by atoms with Crippen molar-refractivity contribution >= 4 is 13.7 Å². The van der Waals surface area contributed by atoms with Crippen molar-refractivity contribution in [2.24, 2.45) is 0 Å². The normalized spacial score (nSPS) is 20.5. The lowest BCUT2D eigenvalue weighted by Crippen LogP contribution is -2.64. The number of hydrogen-bond acceptors (Lipinski definition) is 10. The minimum absolute atomic E-state index is 0.244. The Morgan fingerprint density at radius 2 is 0.632 bits per heavy atom. The molecule has 0 aromatic rings. The first-order valence-corrected chi connectivity index (χ1v) is 34.5. The molecule has 0 radical (unpaired) electrons. The molecule has 1 saturated carbocycles. The van der Waals surface area contributed by atoms with Gasteiger partial charge in [0.2, 0.25) is 5.91 Å². The largest absolute Gasteiger partial charge is 0.472 e. The summed E-state index contributed by atoms with van der Waals surface area (Å²) < 4.78 is 23.1. The quantitative estimate of drug-likeness (QED) is 0.0212. The number of carbonyl (C=O) groups excluding carboxylic acids is 1. The maximum atomic E-state index is 13.1. The van der Waals surface area contributed by atoms with Crippen LogP contribution in [-0.2, 0) is 18.4 Å². The van der Waals surface area contributed by atoms with Crippen molar-refractivity contribution in [3.8, 4) is 0 Å². The number of carbonyl (C=O) groups is 1. The summed E-state index contributed by atoms with van der Waals surface area (Å²) >= 11 is 0. The molecule has 0 aromatic carbocycles. The summed E-state index contributed by atoms with van der Waals surface area (Å²) in [6.45, 7) is 3.94. The SMILES string of the molecule is CCCCCCCCCCCCCCCCCCCCCCCCCCCCCCCCCCCCCCC(=O)N[C@@H](COP(=O)(O)OC1C(O)C(O)C(O)[C@@H](O)C1O)[C@H](O)CCCCCCCCCCCCCCC. The third kappa shape index (κ3) is 42.2. The Morgan fingerprint density at radius 3 is 0.908 bits per heavy atom. The van der Waals surface area contributed by atoms with Crippen molar-refractivity contribution in [1.29, 1.82) is 0 Å². The van der Waals surface area contributed by atoms with Gasteiger partial charge in [-0.05, 0) is 12.8 Å². The van der Waals surface area contributed by atoms with Gasteiger partial charge in [0.25, 0.3) is 0 Å². The van der Waals surface area contributed by atoms with E-state index in [2.05, 4.69) is 19.2 Å². The predicted molar refractivity (Wildman–Crippen MR) is 315 cm³/mol. The number of aliphatic hydroxyl groups is 6. The summed E-state index contributed by atoms with van der Waals surface area (Å²) in [5, 5.41) is 64.5. The molecule has 1 rings (SSSR count). The number of phosphoric acid groups is 1. The predicted octanol–water partition coefficient (Wildman–Crippen LogP) is 16.1. The zero-order valence-electron chi connectivity index (χ0n) is 49.6. The molecule has 1 fully saturated rings. The highest BCUT2D eigenvalue weighted by Gasteiger charge is 2.51. The zero-order valence-corrected chi connectivity index (χ0v) is 50.5. The highest BCUT2D eigenvalue weighted by atomic mass is 31.2. The Balaban J connectivity index is 2.11. The molecule has 1 aliphatic carbocycles. The van der Waals surface area contributed by atoms with E-state index in [1.807, 2.05) is 0 Å². The number of phosphoric ester groups is 1. The first-order valence-electron chi connectivity index (χ1n) is 33.0. The number of aliphatic hydroxyl groups excluding tert-OH is 6. The maximum absolute atomic E-state index is 13.1. The van der Waals surface area contributed by atoms with Crippen LogP contribution in [0.3, 0.4) is 0 Å². The Kier molecular flexibility index (Phi) is 50.6. The van der Waals surface area contributed by atoms with Crippen LogP contribution in [0.4, 0.5) is 0 Å². The van der Waals surface area contributed by atoms with Gasteiger partial charge in [0.15, 0.2) is 0 Å². The van der Waals surface area contributed by atoms with Gasteiger partial charge < -0.3 is 40.8 Å². The van der Waals surface area contributed by atoms with Crippen LogP contribution < -0.4 is 5.32 Å². The van der Waals surface area contributed by atoms with Gasteiger partial charge in [-0.1, -0.05) is 322 Å². The smallest absolute Gasteiger partial charge is 0.391 e. The fourth-order valence-corrected chi connectivity index (χ4v) is 12.1. The average Bonchev–Trinajstić information content (AvgIpc) is 3.41. The number of rotatable bonds is 58. The average molecular weight is 1100 g/mol. The molecule has 0 saturated heterocycles. The van der Waals surface area contributed by atoms with Crippen LogP contribution in [0.15, 0.2) is 0 Å². The highest BCUT2D eigenvalue weighted by Crippen LogP contribution is 2.47. The molecule has 6 unspecified atom stereocenters. The van der Waals surface area contributed by atoms with Crippen LogP contribution >= 0.6 is 7.82 Å². The van der Waals surface area contributed by atoms with E-state index in [9.17, 15) is 44.9 Å². The van der Waals surface area contributed by atoms with Gasteiger partial charge in [-0.3, -0.25) is 13.8 Å². The van der Waals surface area contributed by atoms with Crippen molar-refractivity contribution < 1.29 is 53.9 Å². The zero-order chi connectivity index (χ0) is 55.6. The monoisotopic (exact) mass is 1100 g/mol. The van der Waals surface area contributed by atoms with Gasteiger partial charge in [-0.25, -0.2) is 4.57 Å². The molecule has 12 nitrogen and oxygen atoms in total. The highest BCUT2D eigenvalue weighted by molar-refractivity contribution is 7.47. The molecule has 8 N–H and O–H groups in total. The maximum Gasteiger partial charge on any atom is 0.472 e. The van der Waals surface area contributed by atoms with Crippen molar-refractivity contribution in [2.45, 2.75) is 390 Å². The fraction of sp³-hybridized carbons (Fsp3) is 0.984. The second-order valence-corrected chi connectivity index (χ2v) is 25.1. The Morgan fingerprint density at radius 1 is 0.395 bits per heavy atom. The van der Waals surface area contributed by atoms with E-state index in [4.69, 9.17) is 9.05 Å². The summed E-state index contributed by atoms with van der Waals surface area (Å²) in [5.41, 5.74) is 0. The molecule has 13 heteroatoms. The molecule has 9 atom stereocenters. The van der Waals surface area contributed by atoms with E-state index in [1.165, 1.54) is 263 Å². The second kappa shape index (κ2) is 52.4. The summed E-state index contributed by atoms with van der Waals surface area (Å²) in [6.07, 6.45) is 51.9. The van der Waals surface area contributed by atoms with Gasteiger partial charge in [-0.15, -0.1) is 0 Å². The fourth-order valence-electron chi connectivity index (χ4n) is 11.1. The lowest BCUT2D eigenvalue weighted by molar-refractivity contribution is -0.220. The second-order valence-electron chi connectivity index (χ2n) is 23.7. The van der Waals surface area contributed by atoms with Crippen molar-refractivity contribution in [1.82, 2.24) is 5.32 Å². The third-order valence-electron chi connectivity index (χ3n) is 16.4. The molecule has 76 heavy (non-hydrogen) atoms. The molecular weight excluding hydrogens is 978 g/mol. The van der Waals surface area contributed by atoms with Crippen LogP contribution in [0.2, 0.25) is 0 Å². The molecule has 0 aliphatic heterocycles. The van der Waals surface area contributed by atoms with Gasteiger partial charge >= 0.3 is 7.82 Å². The van der Waals surface area contributed by atoms with Crippen molar-refractivity contribution in [3.63, 3.8) is 0 Å². The third-order valence-corrected chi connectivity index (χ3v) is 17.4. The van der Waals surface area contributed by atoms with Gasteiger partial charge in [-0.2, -0.15) is 0 Å². The summed E-state index contributed by atoms with van der Waals surface area (Å²) in [7, 11) is -5.06. The Bertz CT molecular complexity index is 1280. The van der Waals surface area contributed by atoms with Crippen LogP contribution in [0.25, 0.3) is 0 Å². The number of nitrogens with one attached hydrogen (secondary N) is 1. The topological polar surface area (TPSA) is 206 Å². The Labute approximate surface area is 467 Å². The molecule has 454 valence electrons. The summed E-state index contributed by atoms with van der Waals surface area (Å²) in [5.74, 6) is -0.300. The minimum atomic E-state index is -5.06. The summed E-state index contributed by atoms with van der Waals surface area (Å²) in [4.78, 5) is 23.6. The molecule has 0 spiro atoms. The molecule has 0 heterocycles. The van der Waals surface area contributed by atoms with Crippen LogP contribution in [0, 0.1) is 0 Å². The molecular formula is C63H126NO11P. The van der Waals surface area contributed by atoms with E-state index < -0.39 is 63.2 Å². The van der Waals surface area contributed by atoms with E-state index in [0.29, 0.717) is 19.3 Å². The molecule has 1 amide bonds. The number of unbranched alkanes of at least 4 members (excludes halogenated alkanes) is 47. The lowest BCUT2D eigenvalue weighted by atomic mass is 9.85. The van der Waals surface area contributed by atoms with E-state index in [1.54, 1.807) is 0 Å². The van der Waals surface area contributed by atoms with Crippen LogP contribution in [0.1, 0.15) is 341 Å². The number of hydrogen-bond donors (Lipinski definition) is 8. The standard InChI is InChI=1S/C63H126NO11P/c1-3-5-7-9-11-13-15-17-18-19-20-21-22-23-24-25-26-27-28-29-30-31-32-33-34-35-36-37-38-39-41-43-45-47-49-51-53-57(66)64-55(56(65)52-50-48-46-44-42-40-16-14-12-10-8-6-4-2)54-74-76(72,73)75-63-61(70)59(68)58(67)60(69)62(63)71/h55-56,58-63,65,67-71H,3-54H2,1-2H3,(H,64,66)(H,72,73)/t55-,56+,58?,59+,60?,61?,62?,63?/m0/s1. The van der Waals surface area contributed by atoms with Crippen LogP contribution in [0.5, 0.6) is 0 Å². The molecule has 1 aliphatic rings. The first kappa shape index (κ1) is 73.4. The van der Waals surface area contributed by atoms with Gasteiger partial charge in [0.05, 0.1) is 18.8 Å². The van der Waals surface area contributed by atoms with E-state index >= 15 is 0 Å².